The van der Waals surface area contributed by atoms with Gasteiger partial charge in [0.2, 0.25) is 0 Å². The Bertz CT molecular complexity index is 735. The van der Waals surface area contributed by atoms with Crippen molar-refractivity contribution in [2.75, 3.05) is 33.2 Å². The molecule has 2 N–H and O–H groups in total. The lowest BCUT2D eigenvalue weighted by Gasteiger charge is -2.33. The number of likely N-dealkylation sites (N-methyl/N-ethyl adjacent to an activating group) is 1. The minimum Gasteiger partial charge on any atom is -0.432 e. The van der Waals surface area contributed by atoms with E-state index in [1.54, 1.807) is 11.3 Å². The molecule has 0 radical (unpaired) electrons. The van der Waals surface area contributed by atoms with Crippen LogP contribution in [-0.4, -0.2) is 54.0 Å². The normalized spacial score (nSPS) is 14.6. The highest BCUT2D eigenvalue weighted by molar-refractivity contribution is 7.09. The van der Waals surface area contributed by atoms with Gasteiger partial charge < -0.3 is 20.3 Å². The second kappa shape index (κ2) is 8.99. The molecule has 2 aromatic rings. The zero-order chi connectivity index (χ0) is 16.9. The molecule has 0 amide bonds. The molecule has 0 atom stereocenters. The first-order valence-electron chi connectivity index (χ1n) is 7.81. The molecule has 1 saturated heterocycles. The highest BCUT2D eigenvalue weighted by Crippen LogP contribution is 2.25. The van der Waals surface area contributed by atoms with Gasteiger partial charge in [0, 0.05) is 43.7 Å². The average molecular weight is 381 g/mol. The van der Waals surface area contributed by atoms with E-state index in [1.807, 2.05) is 40.5 Å². The number of nitrogens with zero attached hydrogens (tertiary/aromatic N) is 3. The van der Waals surface area contributed by atoms with Crippen LogP contribution >= 0.6 is 23.7 Å². The van der Waals surface area contributed by atoms with Crippen molar-refractivity contribution in [3.8, 4) is 17.0 Å². The lowest BCUT2D eigenvalue weighted by Crippen LogP contribution is -2.44. The Hall–Kier alpha value is -1.89. The summed E-state index contributed by atoms with van der Waals surface area (Å²) in [6.45, 7) is 3.78. The summed E-state index contributed by atoms with van der Waals surface area (Å²) in [5.74, 6) is 2.78. The molecule has 1 aromatic carbocycles. The van der Waals surface area contributed by atoms with Crippen LogP contribution in [0.3, 0.4) is 0 Å². The maximum absolute atomic E-state index is 11.3. The topological polar surface area (TPSA) is 71.7 Å². The van der Waals surface area contributed by atoms with Gasteiger partial charge in [0.1, 0.15) is 10.8 Å². The number of halogens is 1. The van der Waals surface area contributed by atoms with Gasteiger partial charge in [-0.25, -0.2) is 9.78 Å². The number of rotatable bonds is 5. The van der Waals surface area contributed by atoms with Gasteiger partial charge in [-0.15, -0.1) is 23.7 Å². The average Bonchev–Trinajstić information content (AvgIpc) is 3.10. The van der Waals surface area contributed by atoms with E-state index in [0.717, 1.165) is 42.4 Å². The molecule has 0 bridgehead atoms. The first-order chi connectivity index (χ1) is 11.7. The molecule has 6 nitrogen and oxygen atoms in total. The van der Waals surface area contributed by atoms with Crippen LogP contribution < -0.4 is 10.5 Å². The van der Waals surface area contributed by atoms with Crippen molar-refractivity contribution in [2.45, 2.75) is 6.54 Å². The molecular formula is C17H21ClN4O2S. The summed E-state index contributed by atoms with van der Waals surface area (Å²) in [7, 11) is 2.07. The van der Waals surface area contributed by atoms with Crippen molar-refractivity contribution in [3.63, 3.8) is 0 Å². The van der Waals surface area contributed by atoms with Crippen LogP contribution in [0.15, 0.2) is 35.5 Å². The smallest absolute Gasteiger partial charge is 0.283 e. The summed E-state index contributed by atoms with van der Waals surface area (Å²) >= 11 is 1.55. The fourth-order valence-corrected chi connectivity index (χ4v) is 3.19. The standard InChI is InChI=1S/C17H20N4O2S.ClH/c1-20-6-8-21(9-7-20)17(11-22)23-14-4-2-13(3-5-14)15-12-24-16(10-18)19-15;/h2-5,12H,6-10,18H2,1H3;1H. The van der Waals surface area contributed by atoms with E-state index in [4.69, 9.17) is 10.5 Å². The Morgan fingerprint density at radius 2 is 1.96 bits per heavy atom. The molecule has 1 aromatic heterocycles. The quantitative estimate of drug-likeness (QED) is 0.631. The van der Waals surface area contributed by atoms with Crippen molar-refractivity contribution in [2.24, 2.45) is 5.73 Å². The number of nitrogens with two attached hydrogens (primary N) is 1. The maximum Gasteiger partial charge on any atom is 0.283 e. The van der Waals surface area contributed by atoms with Gasteiger partial charge in [-0.1, -0.05) is 0 Å². The van der Waals surface area contributed by atoms with E-state index >= 15 is 0 Å². The van der Waals surface area contributed by atoms with E-state index in [1.165, 1.54) is 0 Å². The predicted molar refractivity (Wildman–Crippen MR) is 102 cm³/mol. The molecule has 0 aliphatic carbocycles. The summed E-state index contributed by atoms with van der Waals surface area (Å²) in [5.41, 5.74) is 7.49. The van der Waals surface area contributed by atoms with Gasteiger partial charge in [0.25, 0.3) is 5.88 Å². The zero-order valence-corrected chi connectivity index (χ0v) is 15.6. The van der Waals surface area contributed by atoms with E-state index < -0.39 is 0 Å². The number of ether oxygens (including phenoxy) is 1. The van der Waals surface area contributed by atoms with Gasteiger partial charge in [0.05, 0.1) is 5.69 Å². The van der Waals surface area contributed by atoms with Crippen molar-refractivity contribution in [1.82, 2.24) is 14.8 Å². The van der Waals surface area contributed by atoms with Gasteiger partial charge in [-0.2, -0.15) is 0 Å². The number of carbonyl (C=O) groups excluding carboxylic acids is 1. The van der Waals surface area contributed by atoms with Crippen molar-refractivity contribution in [1.29, 1.82) is 0 Å². The third-order valence-electron chi connectivity index (χ3n) is 3.97. The van der Waals surface area contributed by atoms with Crippen LogP contribution in [0.5, 0.6) is 5.75 Å². The minimum atomic E-state index is 0. The molecule has 2 heterocycles. The van der Waals surface area contributed by atoms with Crippen molar-refractivity contribution in [3.05, 3.63) is 40.5 Å². The van der Waals surface area contributed by atoms with E-state index in [2.05, 4.69) is 16.9 Å². The number of aromatic nitrogens is 1. The van der Waals surface area contributed by atoms with Crippen molar-refractivity contribution < 1.29 is 9.53 Å². The van der Waals surface area contributed by atoms with Crippen LogP contribution in [-0.2, 0) is 11.3 Å². The van der Waals surface area contributed by atoms with Gasteiger partial charge in [-0.05, 0) is 31.3 Å². The van der Waals surface area contributed by atoms with Gasteiger partial charge in [-0.3, -0.25) is 0 Å². The van der Waals surface area contributed by atoms with Crippen LogP contribution in [0.4, 0.5) is 0 Å². The van der Waals surface area contributed by atoms with Crippen LogP contribution in [0.2, 0.25) is 0 Å². The number of piperazine rings is 1. The van der Waals surface area contributed by atoms with Crippen LogP contribution in [0.25, 0.3) is 11.3 Å². The van der Waals surface area contributed by atoms with E-state index in [-0.39, 0.29) is 18.3 Å². The van der Waals surface area contributed by atoms with Crippen molar-refractivity contribution >= 4 is 29.7 Å². The lowest BCUT2D eigenvalue weighted by molar-refractivity contribution is 0.139. The van der Waals surface area contributed by atoms with Gasteiger partial charge >= 0.3 is 0 Å². The Balaban J connectivity index is 0.00000225. The molecular weight excluding hydrogens is 360 g/mol. The summed E-state index contributed by atoms with van der Waals surface area (Å²) in [6.07, 6.45) is 0. The summed E-state index contributed by atoms with van der Waals surface area (Å²) < 4.78 is 5.72. The molecule has 0 unspecified atom stereocenters. The molecule has 1 fully saturated rings. The first-order valence-corrected chi connectivity index (χ1v) is 8.69. The molecule has 134 valence electrons. The minimum absolute atomic E-state index is 0. The monoisotopic (exact) mass is 380 g/mol. The molecule has 3 rings (SSSR count). The summed E-state index contributed by atoms with van der Waals surface area (Å²) in [4.78, 5) is 19.9. The number of thiazole rings is 1. The van der Waals surface area contributed by atoms with Gasteiger partial charge in [0.15, 0.2) is 5.94 Å². The third-order valence-corrected chi connectivity index (χ3v) is 4.84. The Morgan fingerprint density at radius 3 is 2.52 bits per heavy atom. The summed E-state index contributed by atoms with van der Waals surface area (Å²) in [6, 6.07) is 7.53. The molecule has 0 spiro atoms. The maximum atomic E-state index is 11.3. The Kier molecular flexibility index (Phi) is 6.99. The van der Waals surface area contributed by atoms with E-state index in [9.17, 15) is 4.79 Å². The molecule has 0 saturated carbocycles. The molecule has 1 aliphatic heterocycles. The zero-order valence-electron chi connectivity index (χ0n) is 14.0. The molecule has 1 aliphatic rings. The summed E-state index contributed by atoms with van der Waals surface area (Å²) in [5, 5.41) is 2.89. The third kappa shape index (κ3) is 4.81. The predicted octanol–water partition coefficient (Wildman–Crippen LogP) is 1.99. The first kappa shape index (κ1) is 19.4. The Morgan fingerprint density at radius 1 is 1.28 bits per heavy atom. The molecule has 25 heavy (non-hydrogen) atoms. The largest absolute Gasteiger partial charge is 0.432 e. The SMILES string of the molecule is CN1CCN(C(=C=O)Oc2ccc(-c3csc(CN)n3)cc2)CC1.Cl. The Labute approximate surface area is 157 Å². The second-order valence-electron chi connectivity index (χ2n) is 5.65. The van der Waals surface area contributed by atoms with Crippen LogP contribution in [0.1, 0.15) is 5.01 Å². The lowest BCUT2D eigenvalue weighted by atomic mass is 10.2. The highest BCUT2D eigenvalue weighted by Gasteiger charge is 2.19. The fourth-order valence-electron chi connectivity index (χ4n) is 2.50. The number of benzene rings is 1. The fraction of sp³-hybridized carbons (Fsp3) is 0.353. The molecule has 8 heteroatoms. The number of hydrogen-bond acceptors (Lipinski definition) is 7. The highest BCUT2D eigenvalue weighted by atomic mass is 35.5. The van der Waals surface area contributed by atoms with E-state index in [0.29, 0.717) is 12.3 Å². The second-order valence-corrected chi connectivity index (χ2v) is 6.60. The van der Waals surface area contributed by atoms with Crippen LogP contribution in [0, 0.1) is 0 Å². The number of hydrogen-bond donors (Lipinski definition) is 1.